The normalized spacial score (nSPS) is 20.8. The molecule has 1 aliphatic carbocycles. The van der Waals surface area contributed by atoms with Gasteiger partial charge in [-0.05, 0) is 43.7 Å². The Morgan fingerprint density at radius 3 is 2.92 bits per heavy atom. The predicted molar refractivity (Wildman–Crippen MR) is 91.1 cm³/mol. The van der Waals surface area contributed by atoms with Crippen LogP contribution in [0.25, 0.3) is 0 Å². The molecule has 1 amide bonds. The number of ether oxygens (including phenoxy) is 1. The van der Waals surface area contributed by atoms with Crippen molar-refractivity contribution in [3.05, 3.63) is 48.5 Å². The Balaban J connectivity index is 1.48. The van der Waals surface area contributed by atoms with E-state index in [0.717, 1.165) is 38.3 Å². The topological polar surface area (TPSA) is 47.4 Å². The smallest absolute Gasteiger partial charge is 0.257 e. The van der Waals surface area contributed by atoms with Gasteiger partial charge in [0, 0.05) is 25.5 Å². The maximum Gasteiger partial charge on any atom is 0.257 e. The molecular weight excluding hydrogens is 302 g/mol. The molecular formula is C19H23N3O2. The number of hydrogen-bond acceptors (Lipinski definition) is 3. The summed E-state index contributed by atoms with van der Waals surface area (Å²) in [5, 5.41) is 0. The Hall–Kier alpha value is -2.30. The van der Waals surface area contributed by atoms with Gasteiger partial charge < -0.3 is 14.2 Å². The summed E-state index contributed by atoms with van der Waals surface area (Å²) in [7, 11) is 0. The van der Waals surface area contributed by atoms with Gasteiger partial charge in [0.2, 0.25) is 0 Å². The van der Waals surface area contributed by atoms with E-state index >= 15 is 0 Å². The summed E-state index contributed by atoms with van der Waals surface area (Å²) in [4.78, 5) is 19.1. The van der Waals surface area contributed by atoms with Crippen molar-refractivity contribution >= 4 is 5.91 Å². The Morgan fingerprint density at radius 1 is 1.25 bits per heavy atom. The number of nitrogens with zero attached hydrogens (tertiary/aromatic N) is 3. The van der Waals surface area contributed by atoms with Gasteiger partial charge >= 0.3 is 0 Å². The van der Waals surface area contributed by atoms with Crippen LogP contribution in [0.1, 0.15) is 42.1 Å². The lowest BCUT2D eigenvalue weighted by Crippen LogP contribution is -2.40. The van der Waals surface area contributed by atoms with Crippen LogP contribution in [-0.2, 0) is 0 Å². The quantitative estimate of drug-likeness (QED) is 0.848. The summed E-state index contributed by atoms with van der Waals surface area (Å²) < 4.78 is 8.02. The number of piperidine rings is 1. The highest BCUT2D eigenvalue weighted by Gasteiger charge is 2.28. The van der Waals surface area contributed by atoms with Crippen molar-refractivity contribution in [2.75, 3.05) is 19.7 Å². The second-order valence-electron chi connectivity index (χ2n) is 6.81. The zero-order valence-electron chi connectivity index (χ0n) is 13.8. The first-order valence-electron chi connectivity index (χ1n) is 8.80. The third-order valence-electron chi connectivity index (χ3n) is 4.92. The van der Waals surface area contributed by atoms with E-state index < -0.39 is 0 Å². The van der Waals surface area contributed by atoms with E-state index in [-0.39, 0.29) is 5.91 Å². The minimum Gasteiger partial charge on any atom is -0.492 e. The van der Waals surface area contributed by atoms with E-state index in [1.54, 1.807) is 6.20 Å². The van der Waals surface area contributed by atoms with Crippen molar-refractivity contribution in [3.8, 4) is 5.75 Å². The average molecular weight is 325 g/mol. The van der Waals surface area contributed by atoms with Crippen LogP contribution in [0.2, 0.25) is 0 Å². The molecule has 126 valence electrons. The van der Waals surface area contributed by atoms with Gasteiger partial charge in [0.05, 0.1) is 24.5 Å². The number of carbonyl (C=O) groups excluding carboxylic acids is 1. The molecule has 1 saturated carbocycles. The van der Waals surface area contributed by atoms with Gasteiger partial charge in [-0.2, -0.15) is 0 Å². The molecule has 0 N–H and O–H groups in total. The fraction of sp³-hybridized carbons (Fsp3) is 0.474. The number of hydrogen-bond donors (Lipinski definition) is 0. The first kappa shape index (κ1) is 15.2. The van der Waals surface area contributed by atoms with Gasteiger partial charge in [-0.25, -0.2) is 4.98 Å². The summed E-state index contributed by atoms with van der Waals surface area (Å²) in [6.45, 7) is 2.26. The number of para-hydroxylation sites is 1. The van der Waals surface area contributed by atoms with Crippen LogP contribution in [-0.4, -0.2) is 40.1 Å². The molecule has 2 aliphatic rings. The van der Waals surface area contributed by atoms with Crippen molar-refractivity contribution in [2.45, 2.75) is 31.7 Å². The van der Waals surface area contributed by atoms with Gasteiger partial charge in [-0.3, -0.25) is 4.79 Å². The molecule has 1 saturated heterocycles. The van der Waals surface area contributed by atoms with Crippen molar-refractivity contribution in [2.24, 2.45) is 5.92 Å². The van der Waals surface area contributed by atoms with Crippen LogP contribution >= 0.6 is 0 Å². The van der Waals surface area contributed by atoms with Crippen molar-refractivity contribution in [1.82, 2.24) is 14.5 Å². The van der Waals surface area contributed by atoms with Gasteiger partial charge in [0.1, 0.15) is 5.75 Å². The summed E-state index contributed by atoms with van der Waals surface area (Å²) in [6, 6.07) is 7.95. The van der Waals surface area contributed by atoms with Crippen LogP contribution < -0.4 is 4.74 Å². The molecule has 2 aromatic rings. The zero-order valence-corrected chi connectivity index (χ0v) is 13.8. The number of rotatable bonds is 5. The highest BCUT2D eigenvalue weighted by atomic mass is 16.5. The second kappa shape index (κ2) is 6.67. The van der Waals surface area contributed by atoms with Crippen molar-refractivity contribution in [3.63, 3.8) is 0 Å². The molecule has 0 bridgehead atoms. The molecule has 0 radical (unpaired) electrons. The molecule has 0 spiro atoms. The van der Waals surface area contributed by atoms with Gasteiger partial charge in [-0.15, -0.1) is 0 Å². The van der Waals surface area contributed by atoms with E-state index in [1.165, 1.54) is 12.8 Å². The first-order valence-corrected chi connectivity index (χ1v) is 8.80. The Bertz CT molecular complexity index is 694. The third kappa shape index (κ3) is 3.30. The van der Waals surface area contributed by atoms with Gasteiger partial charge in [0.25, 0.3) is 5.91 Å². The highest BCUT2D eigenvalue weighted by Crippen LogP contribution is 2.31. The first-order chi connectivity index (χ1) is 11.8. The summed E-state index contributed by atoms with van der Waals surface area (Å²) in [6.07, 6.45) is 10.2. The predicted octanol–water partition coefficient (Wildman–Crippen LogP) is 3.15. The third-order valence-corrected chi connectivity index (χ3v) is 4.92. The fourth-order valence-corrected chi connectivity index (χ4v) is 3.30. The fourth-order valence-electron chi connectivity index (χ4n) is 3.30. The maximum atomic E-state index is 13.0. The summed E-state index contributed by atoms with van der Waals surface area (Å²) in [5.41, 5.74) is 0.685. The van der Waals surface area contributed by atoms with E-state index in [0.29, 0.717) is 17.5 Å². The standard InChI is InChI=1S/C19H23N3O2/c23-19(17-5-1-2-6-18(17)24-13-15-7-8-15)21-10-3-4-16(12-21)22-11-9-20-14-22/h1-2,5-6,9,11,14-16H,3-4,7-8,10,12-13H2. The van der Waals surface area contributed by atoms with Crippen molar-refractivity contribution < 1.29 is 9.53 Å². The lowest BCUT2D eigenvalue weighted by molar-refractivity contribution is 0.0674. The lowest BCUT2D eigenvalue weighted by Gasteiger charge is -2.33. The number of benzene rings is 1. The number of likely N-dealkylation sites (tertiary alicyclic amines) is 1. The molecule has 1 unspecified atom stereocenters. The second-order valence-corrected chi connectivity index (χ2v) is 6.81. The summed E-state index contributed by atoms with van der Waals surface area (Å²) in [5.74, 6) is 1.47. The summed E-state index contributed by atoms with van der Waals surface area (Å²) >= 11 is 0. The highest BCUT2D eigenvalue weighted by molar-refractivity contribution is 5.97. The Labute approximate surface area is 142 Å². The van der Waals surface area contributed by atoms with E-state index in [2.05, 4.69) is 9.55 Å². The van der Waals surface area contributed by atoms with Crippen LogP contribution in [0, 0.1) is 5.92 Å². The van der Waals surface area contributed by atoms with E-state index in [4.69, 9.17) is 4.74 Å². The lowest BCUT2D eigenvalue weighted by atomic mass is 10.0. The molecule has 1 aromatic heterocycles. The number of imidazole rings is 1. The Kier molecular flexibility index (Phi) is 4.24. The van der Waals surface area contributed by atoms with E-state index in [9.17, 15) is 4.79 Å². The minimum atomic E-state index is 0.0752. The zero-order chi connectivity index (χ0) is 16.4. The maximum absolute atomic E-state index is 13.0. The Morgan fingerprint density at radius 2 is 2.12 bits per heavy atom. The van der Waals surface area contributed by atoms with Crippen molar-refractivity contribution in [1.29, 1.82) is 0 Å². The number of amides is 1. The molecule has 2 fully saturated rings. The van der Waals surface area contributed by atoms with Gasteiger partial charge in [-0.1, -0.05) is 12.1 Å². The molecule has 1 aliphatic heterocycles. The van der Waals surface area contributed by atoms with Crippen LogP contribution in [0.4, 0.5) is 0 Å². The molecule has 24 heavy (non-hydrogen) atoms. The van der Waals surface area contributed by atoms with Gasteiger partial charge in [0.15, 0.2) is 0 Å². The largest absolute Gasteiger partial charge is 0.492 e. The van der Waals surface area contributed by atoms with Crippen LogP contribution in [0.5, 0.6) is 5.75 Å². The molecule has 5 heteroatoms. The van der Waals surface area contributed by atoms with Crippen LogP contribution in [0.3, 0.4) is 0 Å². The minimum absolute atomic E-state index is 0.0752. The SMILES string of the molecule is O=C(c1ccccc1OCC1CC1)N1CCCC(n2ccnc2)C1. The molecule has 2 heterocycles. The van der Waals surface area contributed by atoms with E-state index in [1.807, 2.05) is 41.7 Å². The molecule has 1 aromatic carbocycles. The monoisotopic (exact) mass is 325 g/mol. The average Bonchev–Trinajstić information content (AvgIpc) is 3.30. The number of carbonyl (C=O) groups is 1. The number of aromatic nitrogens is 2. The molecule has 1 atom stereocenters. The van der Waals surface area contributed by atoms with Crippen LogP contribution in [0.15, 0.2) is 43.0 Å². The molecule has 5 nitrogen and oxygen atoms in total. The molecule has 4 rings (SSSR count).